The first-order chi connectivity index (χ1) is 26.1. The lowest BCUT2D eigenvalue weighted by atomic mass is 10.0. The van der Waals surface area contributed by atoms with Gasteiger partial charge in [-0.15, -0.1) is 0 Å². The molecule has 0 spiro atoms. The number of hydrogen-bond acceptors (Lipinski definition) is 10. The lowest BCUT2D eigenvalue weighted by molar-refractivity contribution is 0.0932. The third-order valence-electron chi connectivity index (χ3n) is 8.53. The number of nitrogens with zero attached hydrogens (tertiary/aromatic N) is 6. The van der Waals surface area contributed by atoms with E-state index < -0.39 is 45.9 Å². The van der Waals surface area contributed by atoms with Gasteiger partial charge in [-0.2, -0.15) is 0 Å². The second kappa shape index (κ2) is 15.4. The zero-order valence-electron chi connectivity index (χ0n) is 28.5. The van der Waals surface area contributed by atoms with Crippen molar-refractivity contribution in [1.29, 1.82) is 0 Å². The number of nitrogens with one attached hydrogen (secondary N) is 3. The zero-order valence-corrected chi connectivity index (χ0v) is 31.6. The highest BCUT2D eigenvalue weighted by molar-refractivity contribution is 9.10. The Kier molecular flexibility index (Phi) is 10.8. The number of rotatable bonds is 4. The monoisotopic (exact) mass is 850 g/mol. The molecule has 8 rings (SSSR count). The minimum atomic E-state index is -1.29. The molecule has 6 heterocycles. The molecule has 14 nitrogen and oxygen atoms in total. The fraction of sp³-hybridized carbons (Fsp3) is 0.111. The fourth-order valence-electron chi connectivity index (χ4n) is 5.97. The van der Waals surface area contributed by atoms with Gasteiger partial charge in [0.2, 0.25) is 0 Å². The number of anilines is 3. The molecule has 2 aliphatic rings. The van der Waals surface area contributed by atoms with Gasteiger partial charge >= 0.3 is 0 Å². The Hall–Kier alpha value is -6.04. The van der Waals surface area contributed by atoms with Crippen LogP contribution in [0.2, 0.25) is 10.0 Å². The maximum absolute atomic E-state index is 13.8. The number of amides is 2. The number of carbonyl (C=O) groups is 2. The number of carbonyl (C=O) groups excluding carboxylic acids is 2. The van der Waals surface area contributed by atoms with Crippen LogP contribution in [0.4, 0.5) is 26.1 Å². The number of nitrogen functional groups attached to an aromatic ring is 1. The Morgan fingerprint density at radius 1 is 0.727 bits per heavy atom. The van der Waals surface area contributed by atoms with E-state index in [9.17, 15) is 28.0 Å². The molecule has 55 heavy (non-hydrogen) atoms. The summed E-state index contributed by atoms with van der Waals surface area (Å²) in [6, 6.07) is 17.4. The maximum Gasteiger partial charge on any atom is 0.277 e. The molecule has 2 aliphatic heterocycles. The molecule has 0 aliphatic carbocycles. The summed E-state index contributed by atoms with van der Waals surface area (Å²) in [6.07, 6.45) is 5.86. The van der Waals surface area contributed by atoms with Gasteiger partial charge in [-0.3, -0.25) is 28.3 Å². The van der Waals surface area contributed by atoms with Crippen LogP contribution < -0.4 is 32.8 Å². The van der Waals surface area contributed by atoms with Crippen LogP contribution in [0.1, 0.15) is 46.0 Å². The maximum atomic E-state index is 13.8. The highest BCUT2D eigenvalue weighted by Gasteiger charge is 2.44. The van der Waals surface area contributed by atoms with E-state index in [1.807, 2.05) is 0 Å². The first-order valence-corrected chi connectivity index (χ1v) is 17.5. The highest BCUT2D eigenvalue weighted by atomic mass is 79.9. The quantitative estimate of drug-likeness (QED) is 0.175. The fourth-order valence-corrected chi connectivity index (χ4v) is 7.06. The molecule has 2 unspecified atom stereocenters. The Morgan fingerprint density at radius 2 is 1.24 bits per heavy atom. The first-order valence-electron chi connectivity index (χ1n) is 15.9. The highest BCUT2D eigenvalue weighted by Crippen LogP contribution is 2.35. The molecule has 5 N–H and O–H groups in total. The number of halogens is 5. The molecule has 2 amide bonds. The number of nitrogens with two attached hydrogens (primary N) is 1. The van der Waals surface area contributed by atoms with Gasteiger partial charge < -0.3 is 21.7 Å². The standard InChI is InChI=1S/C18H13ClFN5O2.C14H9BrClFN2O2.C4H5N3/c1-18(10-3-2-4-11(20)7-10)24-16(26)15-12(19)8-13(17(27)25(15)18)23-14-5-6-21-9-22-14;1-14(7-3-2-4-8(17)5-7)18-12(20)11-10(16)6-9(15)13(21)19(11)14;5-4-1-2-6-3-7-4/h2-9H,1H3,(H,24,26)(H,21,22,23);2-6H,1H3,(H,18,20);1-3H,(H2,5,6,7). The van der Waals surface area contributed by atoms with Gasteiger partial charge in [-0.25, -0.2) is 28.7 Å². The van der Waals surface area contributed by atoms with E-state index in [1.54, 1.807) is 44.3 Å². The second-order valence-corrected chi connectivity index (χ2v) is 13.8. The Morgan fingerprint density at radius 3 is 1.69 bits per heavy atom. The van der Waals surface area contributed by atoms with Crippen molar-refractivity contribution in [2.75, 3.05) is 11.1 Å². The average molecular weight is 852 g/mol. The molecule has 0 radical (unpaired) electrons. The van der Waals surface area contributed by atoms with Crippen molar-refractivity contribution in [1.82, 2.24) is 39.7 Å². The summed E-state index contributed by atoms with van der Waals surface area (Å²) in [4.78, 5) is 65.3. The summed E-state index contributed by atoms with van der Waals surface area (Å²) in [5.74, 6) is -1.02. The first kappa shape index (κ1) is 38.7. The molecule has 2 atom stereocenters. The number of fused-ring (bicyclic) bond motifs is 2. The normalized spacial score (nSPS) is 17.7. The summed E-state index contributed by atoms with van der Waals surface area (Å²) in [5.41, 5.74) is 2.87. The molecule has 0 saturated heterocycles. The Bertz CT molecular complexity index is 2580. The van der Waals surface area contributed by atoms with E-state index in [0.29, 0.717) is 22.8 Å². The van der Waals surface area contributed by atoms with E-state index in [-0.39, 0.29) is 31.6 Å². The van der Waals surface area contributed by atoms with E-state index in [1.165, 1.54) is 76.5 Å². The van der Waals surface area contributed by atoms with Crippen molar-refractivity contribution in [3.63, 3.8) is 0 Å². The van der Waals surface area contributed by atoms with Crippen LogP contribution in [0, 0.1) is 11.6 Å². The van der Waals surface area contributed by atoms with Crippen molar-refractivity contribution in [2.24, 2.45) is 0 Å². The molecule has 4 aromatic heterocycles. The van der Waals surface area contributed by atoms with Gasteiger partial charge in [-0.1, -0.05) is 47.5 Å². The van der Waals surface area contributed by atoms with Crippen molar-refractivity contribution in [3.8, 4) is 0 Å². The van der Waals surface area contributed by atoms with Crippen LogP contribution in [-0.2, 0) is 11.3 Å². The van der Waals surface area contributed by atoms with Crippen molar-refractivity contribution >= 4 is 68.3 Å². The summed E-state index contributed by atoms with van der Waals surface area (Å²) in [7, 11) is 0. The third kappa shape index (κ3) is 7.53. The number of aromatic nitrogens is 6. The lowest BCUT2D eigenvalue weighted by Gasteiger charge is -2.28. The minimum absolute atomic E-state index is 0.0154. The summed E-state index contributed by atoms with van der Waals surface area (Å²) < 4.78 is 30.0. The van der Waals surface area contributed by atoms with Gasteiger partial charge in [0, 0.05) is 23.5 Å². The van der Waals surface area contributed by atoms with E-state index in [2.05, 4.69) is 51.8 Å². The number of pyridine rings is 2. The summed E-state index contributed by atoms with van der Waals surface area (Å²) in [5, 5.41) is 8.55. The smallest absolute Gasteiger partial charge is 0.277 e. The zero-order chi connectivity index (χ0) is 39.7. The van der Waals surface area contributed by atoms with Crippen LogP contribution in [-0.4, -0.2) is 40.9 Å². The second-order valence-electron chi connectivity index (χ2n) is 12.2. The average Bonchev–Trinajstić information content (AvgIpc) is 3.60. The largest absolute Gasteiger partial charge is 0.384 e. The van der Waals surface area contributed by atoms with Gasteiger partial charge in [0.15, 0.2) is 0 Å². The molecule has 2 aromatic carbocycles. The van der Waals surface area contributed by atoms with Crippen LogP contribution in [0.5, 0.6) is 0 Å². The van der Waals surface area contributed by atoms with E-state index in [0.717, 1.165) is 0 Å². The number of hydrogen-bond donors (Lipinski definition) is 4. The van der Waals surface area contributed by atoms with E-state index >= 15 is 0 Å². The number of benzene rings is 2. The van der Waals surface area contributed by atoms with E-state index in [4.69, 9.17) is 28.9 Å². The van der Waals surface area contributed by atoms with Gasteiger partial charge in [0.25, 0.3) is 22.9 Å². The van der Waals surface area contributed by atoms with Crippen molar-refractivity contribution in [2.45, 2.75) is 25.2 Å². The summed E-state index contributed by atoms with van der Waals surface area (Å²) >= 11 is 15.5. The topological polar surface area (TPSA) is 192 Å². The minimum Gasteiger partial charge on any atom is -0.384 e. The van der Waals surface area contributed by atoms with Gasteiger partial charge in [0.1, 0.15) is 64.3 Å². The molecule has 19 heteroatoms. The Labute approximate surface area is 328 Å². The van der Waals surface area contributed by atoms with Crippen LogP contribution >= 0.6 is 39.1 Å². The molecular weight excluding hydrogens is 825 g/mol. The van der Waals surface area contributed by atoms with Crippen LogP contribution in [0.15, 0.2) is 112 Å². The SMILES string of the molecule is CC1(c2cccc(F)c2)NC(=O)c2c(Cl)cc(Br)c(=O)n21.CC1(c2cccc(F)c2)NC(=O)c2c(Cl)cc(Nc3ccncn3)c(=O)n21.Nc1ccncn1. The van der Waals surface area contributed by atoms with Crippen molar-refractivity contribution < 1.29 is 18.4 Å². The third-order valence-corrected chi connectivity index (χ3v) is 9.67. The van der Waals surface area contributed by atoms with Crippen LogP contribution in [0.25, 0.3) is 0 Å². The molecule has 6 aromatic rings. The lowest BCUT2D eigenvalue weighted by Crippen LogP contribution is -2.46. The molecular formula is C36H27BrCl2F2N10O4. The van der Waals surface area contributed by atoms with Crippen molar-refractivity contribution in [3.05, 3.63) is 167 Å². The molecule has 0 bridgehead atoms. The molecule has 0 saturated carbocycles. The Balaban J connectivity index is 0.000000162. The molecule has 280 valence electrons. The van der Waals surface area contributed by atoms with Gasteiger partial charge in [-0.05, 0) is 78.3 Å². The van der Waals surface area contributed by atoms with Crippen LogP contribution in [0.3, 0.4) is 0 Å². The predicted octanol–water partition coefficient (Wildman–Crippen LogP) is 5.57. The summed E-state index contributed by atoms with van der Waals surface area (Å²) in [6.45, 7) is 3.24. The predicted molar refractivity (Wildman–Crippen MR) is 204 cm³/mol. The molecule has 0 fully saturated rings. The van der Waals surface area contributed by atoms with Gasteiger partial charge in [0.05, 0.1) is 14.5 Å².